The maximum Gasteiger partial charge on any atom is 0.326 e. The Morgan fingerprint density at radius 2 is 1.95 bits per heavy atom. The fraction of sp³-hybridized carbons (Fsp3) is 0.500. The Kier molecular flexibility index (Phi) is 6.34. The third kappa shape index (κ3) is 5.53. The highest BCUT2D eigenvalue weighted by atomic mass is 19.1. The summed E-state index contributed by atoms with van der Waals surface area (Å²) in [6, 6.07) is 5.38. The van der Waals surface area contributed by atoms with Gasteiger partial charge in [-0.3, -0.25) is 4.79 Å². The number of hydrogen-bond donors (Lipinski definition) is 2. The number of halogens is 1. The zero-order chi connectivity index (χ0) is 16.0. The molecule has 4 nitrogen and oxygen atoms in total. The summed E-state index contributed by atoms with van der Waals surface area (Å²) < 4.78 is 13.1. The van der Waals surface area contributed by atoms with Crippen LogP contribution in [0.25, 0.3) is 0 Å². The fourth-order valence-corrected chi connectivity index (χ4v) is 2.02. The molecule has 0 aromatic heterocycles. The Morgan fingerprint density at radius 1 is 1.29 bits per heavy atom. The van der Waals surface area contributed by atoms with Crippen molar-refractivity contribution < 1.29 is 19.1 Å². The first-order valence-electron chi connectivity index (χ1n) is 7.09. The highest BCUT2D eigenvalue weighted by molar-refractivity contribution is 5.84. The van der Waals surface area contributed by atoms with E-state index in [0.717, 1.165) is 5.56 Å². The molecule has 2 N–H and O–H groups in total. The van der Waals surface area contributed by atoms with Gasteiger partial charge in [0.2, 0.25) is 5.91 Å². The molecule has 0 spiro atoms. The lowest BCUT2D eigenvalue weighted by molar-refractivity contribution is -0.143. The highest BCUT2D eigenvalue weighted by Crippen LogP contribution is 2.12. The summed E-state index contributed by atoms with van der Waals surface area (Å²) in [5.74, 6) is -2.12. The van der Waals surface area contributed by atoms with Crippen LogP contribution in [0.4, 0.5) is 4.39 Å². The van der Waals surface area contributed by atoms with Crippen molar-refractivity contribution in [2.45, 2.75) is 39.7 Å². The molecule has 0 fully saturated rings. The molecule has 2 atom stereocenters. The molecule has 1 aromatic rings. The van der Waals surface area contributed by atoms with E-state index in [9.17, 15) is 14.0 Å². The molecule has 0 aliphatic rings. The number of amides is 1. The predicted octanol–water partition coefficient (Wildman–Crippen LogP) is 2.62. The summed E-state index contributed by atoms with van der Waals surface area (Å²) in [5.41, 5.74) is 0.827. The van der Waals surface area contributed by atoms with Crippen LogP contribution in [0.3, 0.4) is 0 Å². The van der Waals surface area contributed by atoms with Crippen LogP contribution >= 0.6 is 0 Å². The predicted molar refractivity (Wildman–Crippen MR) is 78.3 cm³/mol. The summed E-state index contributed by atoms with van der Waals surface area (Å²) in [4.78, 5) is 23.1. The quantitative estimate of drug-likeness (QED) is 0.812. The summed E-state index contributed by atoms with van der Waals surface area (Å²) in [6.45, 7) is 5.24. The van der Waals surface area contributed by atoms with E-state index < -0.39 is 12.0 Å². The van der Waals surface area contributed by atoms with E-state index in [1.807, 2.05) is 6.07 Å². The lowest BCUT2D eigenvalue weighted by Gasteiger charge is -2.20. The molecule has 1 aromatic carbocycles. The van der Waals surface area contributed by atoms with Crippen molar-refractivity contribution in [3.05, 3.63) is 35.6 Å². The average Bonchev–Trinajstić information content (AvgIpc) is 2.41. The van der Waals surface area contributed by atoms with Crippen molar-refractivity contribution in [2.75, 3.05) is 0 Å². The van der Waals surface area contributed by atoms with Gasteiger partial charge in [0, 0.05) is 5.92 Å². The van der Waals surface area contributed by atoms with Crippen LogP contribution in [0.15, 0.2) is 24.3 Å². The van der Waals surface area contributed by atoms with Gasteiger partial charge < -0.3 is 10.4 Å². The third-order valence-corrected chi connectivity index (χ3v) is 3.43. The Balaban J connectivity index is 2.53. The lowest BCUT2D eigenvalue weighted by Crippen LogP contribution is -2.46. The monoisotopic (exact) mass is 295 g/mol. The van der Waals surface area contributed by atoms with Crippen LogP contribution in [0.5, 0.6) is 0 Å². The van der Waals surface area contributed by atoms with Gasteiger partial charge in [-0.1, -0.05) is 32.9 Å². The molecule has 1 amide bonds. The minimum absolute atomic E-state index is 0.179. The second kappa shape index (κ2) is 7.76. The number of rotatable bonds is 7. The lowest BCUT2D eigenvalue weighted by atomic mass is 9.98. The minimum Gasteiger partial charge on any atom is -0.480 e. The van der Waals surface area contributed by atoms with Gasteiger partial charge in [-0.2, -0.15) is 0 Å². The third-order valence-electron chi connectivity index (χ3n) is 3.43. The van der Waals surface area contributed by atoms with Crippen molar-refractivity contribution in [3.63, 3.8) is 0 Å². The van der Waals surface area contributed by atoms with Gasteiger partial charge in [0.15, 0.2) is 0 Å². The number of hydrogen-bond acceptors (Lipinski definition) is 2. The van der Waals surface area contributed by atoms with Crippen LogP contribution in [-0.4, -0.2) is 23.0 Å². The van der Waals surface area contributed by atoms with Crippen molar-refractivity contribution in [2.24, 2.45) is 11.8 Å². The summed E-state index contributed by atoms with van der Waals surface area (Å²) in [7, 11) is 0. The Hall–Kier alpha value is -1.91. The largest absolute Gasteiger partial charge is 0.480 e. The first-order chi connectivity index (χ1) is 9.81. The van der Waals surface area contributed by atoms with E-state index in [1.165, 1.54) is 12.1 Å². The average molecular weight is 295 g/mol. The molecule has 0 aliphatic carbocycles. The van der Waals surface area contributed by atoms with Crippen LogP contribution < -0.4 is 5.32 Å². The normalized spacial score (nSPS) is 13.8. The van der Waals surface area contributed by atoms with E-state index in [1.54, 1.807) is 26.8 Å². The van der Waals surface area contributed by atoms with Crippen molar-refractivity contribution in [1.82, 2.24) is 5.32 Å². The fourth-order valence-electron chi connectivity index (χ4n) is 2.02. The first-order valence-corrected chi connectivity index (χ1v) is 7.09. The van der Waals surface area contributed by atoms with Crippen LogP contribution in [-0.2, 0) is 16.0 Å². The number of aliphatic carboxylic acids is 1. The van der Waals surface area contributed by atoms with E-state index in [-0.39, 0.29) is 23.6 Å². The number of carboxylic acids is 1. The summed E-state index contributed by atoms with van der Waals surface area (Å²) in [5, 5.41) is 11.6. The molecule has 0 heterocycles. The maximum atomic E-state index is 13.1. The van der Waals surface area contributed by atoms with Crippen molar-refractivity contribution in [1.29, 1.82) is 0 Å². The van der Waals surface area contributed by atoms with Gasteiger partial charge in [-0.15, -0.1) is 0 Å². The Bertz CT molecular complexity index is 502. The van der Waals surface area contributed by atoms with Gasteiger partial charge in [-0.05, 0) is 36.5 Å². The van der Waals surface area contributed by atoms with Gasteiger partial charge in [0.05, 0.1) is 0 Å². The number of carbonyl (C=O) groups excluding carboxylic acids is 1. The van der Waals surface area contributed by atoms with E-state index >= 15 is 0 Å². The molecule has 21 heavy (non-hydrogen) atoms. The minimum atomic E-state index is -1.03. The molecule has 0 aliphatic heterocycles. The van der Waals surface area contributed by atoms with Gasteiger partial charge in [0.1, 0.15) is 11.9 Å². The first kappa shape index (κ1) is 17.1. The molecule has 0 bridgehead atoms. The molecular formula is C16H22FNO3. The van der Waals surface area contributed by atoms with Gasteiger partial charge in [0.25, 0.3) is 0 Å². The van der Waals surface area contributed by atoms with Crippen LogP contribution in [0.1, 0.15) is 32.8 Å². The topological polar surface area (TPSA) is 66.4 Å². The molecule has 5 heteroatoms. The van der Waals surface area contributed by atoms with Crippen LogP contribution in [0.2, 0.25) is 0 Å². The smallest absolute Gasteiger partial charge is 0.326 e. The molecule has 0 saturated carbocycles. The van der Waals surface area contributed by atoms with Crippen molar-refractivity contribution in [3.8, 4) is 0 Å². The zero-order valence-electron chi connectivity index (χ0n) is 12.6. The highest BCUT2D eigenvalue weighted by Gasteiger charge is 2.25. The molecule has 2 unspecified atom stereocenters. The Labute approximate surface area is 124 Å². The number of nitrogens with one attached hydrogen (secondary N) is 1. The molecule has 1 rings (SSSR count). The number of aryl methyl sites for hydroxylation is 1. The van der Waals surface area contributed by atoms with Gasteiger partial charge in [-0.25, -0.2) is 9.18 Å². The SMILES string of the molecule is CC(CCc1cccc(F)c1)C(=O)NC(C(=O)O)C(C)C. The number of carboxylic acid groups (broad SMARTS) is 1. The summed E-state index contributed by atoms with van der Waals surface area (Å²) >= 11 is 0. The molecule has 0 radical (unpaired) electrons. The second-order valence-corrected chi connectivity index (χ2v) is 5.64. The van der Waals surface area contributed by atoms with Crippen LogP contribution in [0, 0.1) is 17.7 Å². The maximum absolute atomic E-state index is 13.1. The summed E-state index contributed by atoms with van der Waals surface area (Å²) in [6.07, 6.45) is 1.12. The molecular weight excluding hydrogens is 273 g/mol. The van der Waals surface area contributed by atoms with E-state index in [2.05, 4.69) is 5.32 Å². The van der Waals surface area contributed by atoms with E-state index in [4.69, 9.17) is 5.11 Å². The Morgan fingerprint density at radius 3 is 2.48 bits per heavy atom. The molecule has 0 saturated heterocycles. The van der Waals surface area contributed by atoms with E-state index in [0.29, 0.717) is 12.8 Å². The molecule has 116 valence electrons. The number of carbonyl (C=O) groups is 2. The van der Waals surface area contributed by atoms with Gasteiger partial charge >= 0.3 is 5.97 Å². The van der Waals surface area contributed by atoms with Crippen molar-refractivity contribution >= 4 is 11.9 Å². The number of benzene rings is 1. The second-order valence-electron chi connectivity index (χ2n) is 5.64. The zero-order valence-corrected chi connectivity index (χ0v) is 12.6. The standard InChI is InChI=1S/C16H22FNO3/c1-10(2)14(16(20)21)18-15(19)11(3)7-8-12-5-4-6-13(17)9-12/h4-6,9-11,14H,7-8H2,1-3H3,(H,18,19)(H,20,21).